The van der Waals surface area contributed by atoms with E-state index in [0.29, 0.717) is 29.9 Å². The van der Waals surface area contributed by atoms with Crippen LogP contribution in [0.3, 0.4) is 0 Å². The molecule has 2 rings (SSSR count). The second-order valence-electron chi connectivity index (χ2n) is 15.7. The number of carbonyl (C=O) groups excluding carboxylic acids is 6. The lowest BCUT2D eigenvalue weighted by Gasteiger charge is -2.27. The highest BCUT2D eigenvalue weighted by atomic mass is 32.2. The topological polar surface area (TPSA) is 419 Å². The highest BCUT2D eigenvalue weighted by Gasteiger charge is 2.34. The number of benzene rings is 1. The molecule has 0 bridgehead atoms. The Bertz CT molecular complexity index is 2050. The molecule has 0 saturated carbocycles. The average Bonchev–Trinajstić information content (AvgIpc) is 3.70. The molecule has 26 heteroatoms. The number of nitrogens with two attached hydrogens (primary N) is 4. The van der Waals surface area contributed by atoms with Gasteiger partial charge in [0.15, 0.2) is 5.96 Å². The van der Waals surface area contributed by atoms with Crippen molar-refractivity contribution in [3.63, 3.8) is 0 Å². The van der Waals surface area contributed by atoms with E-state index >= 15 is 0 Å². The number of aromatic amines is 1. The molecule has 68 heavy (non-hydrogen) atoms. The first kappa shape index (κ1) is 58.0. The number of aliphatic carboxylic acids is 3. The summed E-state index contributed by atoms with van der Waals surface area (Å²) in [6.07, 6.45) is 4.31. The SMILES string of the molecule is CSCC[C@H](NC(=O)[C@H](CCCN=C(N)N)NC(=O)[C@H](CC(=O)O)NC(=O)[C@H](CCSC)NC(=O)[C@H](CCCCN)NC(=O)[C@H](Cc1c[nH]c2ccccc12)NC(=O)[C@@H](N)CCC(=O)O)C(=O)O. The molecule has 1 heterocycles. The van der Waals surface area contributed by atoms with Crippen LogP contribution < -0.4 is 54.8 Å². The van der Waals surface area contributed by atoms with Crippen molar-refractivity contribution in [2.75, 3.05) is 37.1 Å². The van der Waals surface area contributed by atoms with Crippen molar-refractivity contribution in [1.29, 1.82) is 0 Å². The zero-order valence-electron chi connectivity index (χ0n) is 38.1. The van der Waals surface area contributed by atoms with E-state index in [1.165, 1.54) is 23.5 Å². The number of para-hydroxylation sites is 1. The molecule has 24 nitrogen and oxygen atoms in total. The van der Waals surface area contributed by atoms with E-state index in [0.717, 1.165) is 10.9 Å². The van der Waals surface area contributed by atoms with Crippen LogP contribution >= 0.6 is 23.5 Å². The zero-order chi connectivity index (χ0) is 50.8. The van der Waals surface area contributed by atoms with Gasteiger partial charge in [0.25, 0.3) is 0 Å². The van der Waals surface area contributed by atoms with Gasteiger partial charge >= 0.3 is 17.9 Å². The minimum Gasteiger partial charge on any atom is -0.481 e. The predicted molar refractivity (Wildman–Crippen MR) is 257 cm³/mol. The molecular formula is C42H66N12O12S2. The normalized spacial score (nSPS) is 14.1. The lowest BCUT2D eigenvalue weighted by atomic mass is 10.0. The number of unbranched alkanes of at least 4 members (excludes halogenated alkanes) is 1. The fourth-order valence-electron chi connectivity index (χ4n) is 6.70. The number of aliphatic imine (C=N–C) groups is 1. The van der Waals surface area contributed by atoms with Crippen LogP contribution in [0.25, 0.3) is 10.9 Å². The molecule has 7 atom stereocenters. The van der Waals surface area contributed by atoms with Crippen LogP contribution in [-0.2, 0) is 49.6 Å². The summed E-state index contributed by atoms with van der Waals surface area (Å²) in [7, 11) is 0. The second-order valence-corrected chi connectivity index (χ2v) is 17.7. The van der Waals surface area contributed by atoms with Crippen molar-refractivity contribution >= 4 is 93.7 Å². The summed E-state index contributed by atoms with van der Waals surface area (Å²) in [5.74, 6) is -8.98. The largest absolute Gasteiger partial charge is 0.481 e. The minimum atomic E-state index is -1.80. The van der Waals surface area contributed by atoms with Gasteiger partial charge in [-0.3, -0.25) is 43.3 Å². The molecule has 1 aromatic heterocycles. The van der Waals surface area contributed by atoms with Gasteiger partial charge in [0, 0.05) is 36.5 Å². The zero-order valence-corrected chi connectivity index (χ0v) is 39.8. The lowest BCUT2D eigenvalue weighted by Crippen LogP contribution is -2.60. The summed E-state index contributed by atoms with van der Waals surface area (Å²) in [4.78, 5) is 125. The van der Waals surface area contributed by atoms with Gasteiger partial charge in [0.2, 0.25) is 35.4 Å². The molecule has 6 amide bonds. The quantitative estimate of drug-likeness (QED) is 0.0206. The third kappa shape index (κ3) is 21.2. The number of carboxylic acid groups (broad SMARTS) is 3. The maximum absolute atomic E-state index is 14.1. The number of nitrogens with zero attached hydrogens (tertiary/aromatic N) is 1. The van der Waals surface area contributed by atoms with Crippen molar-refractivity contribution in [3.8, 4) is 0 Å². The third-order valence-electron chi connectivity index (χ3n) is 10.4. The van der Waals surface area contributed by atoms with E-state index in [9.17, 15) is 53.4 Å². The maximum atomic E-state index is 14.1. The number of hydrogen-bond donors (Lipinski definition) is 14. The van der Waals surface area contributed by atoms with Crippen LogP contribution in [0, 0.1) is 0 Å². The lowest BCUT2D eigenvalue weighted by molar-refractivity contribution is -0.143. The Morgan fingerprint density at radius 1 is 0.632 bits per heavy atom. The second kappa shape index (κ2) is 31.0. The fourth-order valence-corrected chi connectivity index (χ4v) is 7.64. The molecule has 0 unspecified atom stereocenters. The molecule has 378 valence electrons. The van der Waals surface area contributed by atoms with Gasteiger partial charge in [0.05, 0.1) is 12.5 Å². The number of hydrogen-bond acceptors (Lipinski definition) is 14. The summed E-state index contributed by atoms with van der Waals surface area (Å²) >= 11 is 2.66. The van der Waals surface area contributed by atoms with E-state index in [1.54, 1.807) is 30.8 Å². The van der Waals surface area contributed by atoms with Crippen LogP contribution in [-0.4, -0.2) is 159 Å². The Morgan fingerprint density at radius 2 is 1.13 bits per heavy atom. The van der Waals surface area contributed by atoms with Gasteiger partial charge in [0.1, 0.15) is 36.3 Å². The number of carboxylic acids is 3. The molecule has 0 spiro atoms. The Balaban J connectivity index is 2.42. The minimum absolute atomic E-state index is 0.0220. The third-order valence-corrected chi connectivity index (χ3v) is 11.7. The van der Waals surface area contributed by atoms with E-state index in [1.807, 2.05) is 12.1 Å². The van der Waals surface area contributed by atoms with Gasteiger partial charge in [-0.05, 0) is 93.6 Å². The molecule has 0 fully saturated rings. The fraction of sp³-hybridized carbons (Fsp3) is 0.571. The van der Waals surface area contributed by atoms with Crippen LogP contribution in [0.15, 0.2) is 35.5 Å². The summed E-state index contributed by atoms with van der Waals surface area (Å²) in [5, 5.41) is 44.4. The molecule has 0 aliphatic heterocycles. The average molecular weight is 995 g/mol. The van der Waals surface area contributed by atoms with Gasteiger partial charge in [-0.15, -0.1) is 0 Å². The molecular weight excluding hydrogens is 929 g/mol. The standard InChI is InChI=1S/C42H66N12O12S2/c1-67-18-14-29(38(62)54-32(21-34(57)58)40(64)50-28(11-7-17-47-42(45)46)37(61)52-30(41(65)66)15-19-68-2)51-36(60)27(10-5-6-16-43)49-39(63)31(53-35(59)25(44)12-13-33(55)56)20-23-22-48-26-9-4-3-8-24(23)26/h3-4,8-9,22,25,27-32,48H,5-7,10-21,43-44H2,1-2H3,(H,49,63)(H,50,64)(H,51,60)(H,52,61)(H,53,59)(H,54,62)(H,55,56)(H,57,58)(H,65,66)(H4,45,46,47)/t25-,27-,28-,29-,30-,31-,32-/m0/s1. The number of fused-ring (bicyclic) bond motifs is 1. The Kier molecular flexibility index (Phi) is 26.5. The molecule has 2 aromatic rings. The summed E-state index contributed by atoms with van der Waals surface area (Å²) in [6.45, 7) is 0.275. The number of aromatic nitrogens is 1. The van der Waals surface area contributed by atoms with E-state index in [2.05, 4.69) is 41.9 Å². The molecule has 18 N–H and O–H groups in total. The number of H-pyrrole nitrogens is 1. The summed E-state index contributed by atoms with van der Waals surface area (Å²) in [6, 6.07) is -2.64. The molecule has 0 aliphatic carbocycles. The first-order valence-electron chi connectivity index (χ1n) is 21.8. The Labute approximate surface area is 401 Å². The molecule has 0 saturated heterocycles. The van der Waals surface area contributed by atoms with Crippen LogP contribution in [0.5, 0.6) is 0 Å². The van der Waals surface area contributed by atoms with Gasteiger partial charge in [-0.25, -0.2) is 4.79 Å². The van der Waals surface area contributed by atoms with Crippen LogP contribution in [0.1, 0.15) is 69.8 Å². The number of amides is 6. The van der Waals surface area contributed by atoms with Gasteiger partial charge < -0.3 is 75.1 Å². The Morgan fingerprint density at radius 3 is 1.68 bits per heavy atom. The Hall–Kier alpha value is -6.12. The van der Waals surface area contributed by atoms with Crippen molar-refractivity contribution in [1.82, 2.24) is 36.9 Å². The summed E-state index contributed by atoms with van der Waals surface area (Å²) < 4.78 is 0. The summed E-state index contributed by atoms with van der Waals surface area (Å²) in [5.41, 5.74) is 23.9. The first-order valence-corrected chi connectivity index (χ1v) is 24.6. The van der Waals surface area contributed by atoms with Crippen molar-refractivity contribution in [2.24, 2.45) is 27.9 Å². The van der Waals surface area contributed by atoms with Crippen LogP contribution in [0.2, 0.25) is 0 Å². The van der Waals surface area contributed by atoms with Crippen LogP contribution in [0.4, 0.5) is 0 Å². The number of thioether (sulfide) groups is 2. The number of nitrogens with one attached hydrogen (secondary N) is 7. The number of carbonyl (C=O) groups is 9. The highest BCUT2D eigenvalue weighted by Crippen LogP contribution is 2.20. The van der Waals surface area contributed by atoms with Crippen molar-refractivity contribution < 1.29 is 58.5 Å². The van der Waals surface area contributed by atoms with Gasteiger partial charge in [-0.2, -0.15) is 23.5 Å². The van der Waals surface area contributed by atoms with Crippen molar-refractivity contribution in [2.45, 2.75) is 113 Å². The smallest absolute Gasteiger partial charge is 0.326 e. The van der Waals surface area contributed by atoms with Crippen molar-refractivity contribution in [3.05, 3.63) is 36.0 Å². The van der Waals surface area contributed by atoms with Gasteiger partial charge in [-0.1, -0.05) is 18.2 Å². The number of guanidine groups is 1. The molecule has 0 radical (unpaired) electrons. The van der Waals surface area contributed by atoms with E-state index in [4.69, 9.17) is 28.0 Å². The first-order chi connectivity index (χ1) is 32.3. The predicted octanol–water partition coefficient (Wildman–Crippen LogP) is -1.94. The maximum Gasteiger partial charge on any atom is 0.326 e. The number of rotatable bonds is 34. The van der Waals surface area contributed by atoms with E-state index in [-0.39, 0.29) is 64.0 Å². The van der Waals surface area contributed by atoms with E-state index < -0.39 is 108 Å². The highest BCUT2D eigenvalue weighted by molar-refractivity contribution is 7.98. The molecule has 0 aliphatic rings. The molecule has 1 aromatic carbocycles. The monoisotopic (exact) mass is 994 g/mol.